The molecule has 0 aromatic rings. The van der Waals surface area contributed by atoms with E-state index in [0.717, 1.165) is 0 Å². The van der Waals surface area contributed by atoms with Crippen molar-refractivity contribution in [3.8, 4) is 11.8 Å². The third-order valence-electron chi connectivity index (χ3n) is 2.42. The van der Waals surface area contributed by atoms with E-state index in [1.807, 2.05) is 55.4 Å². The summed E-state index contributed by atoms with van der Waals surface area (Å²) in [5, 5.41) is 10.6. The zero-order valence-corrected chi connectivity index (χ0v) is 17.3. The fourth-order valence-electron chi connectivity index (χ4n) is 1.68. The summed E-state index contributed by atoms with van der Waals surface area (Å²) in [5.41, 5.74) is -3.65. The predicted octanol–water partition coefficient (Wildman–Crippen LogP) is 4.18. The van der Waals surface area contributed by atoms with E-state index in [4.69, 9.17) is 19.6 Å². The highest BCUT2D eigenvalue weighted by atomic mass is 17.2. The standard InChI is InChI=1S/C19H36O5/c1-15(2,3)21-23-17(7,8)12-13-19(11,20)14-18(9,10)24-22-16(4,5)6/h20H,14H2,1-11H3. The van der Waals surface area contributed by atoms with Crippen LogP contribution in [0.2, 0.25) is 0 Å². The molecule has 0 fully saturated rings. The van der Waals surface area contributed by atoms with Gasteiger partial charge in [-0.25, -0.2) is 19.6 Å². The van der Waals surface area contributed by atoms with Crippen LogP contribution in [-0.2, 0) is 19.6 Å². The highest BCUT2D eigenvalue weighted by molar-refractivity contribution is 5.19. The Labute approximate surface area is 147 Å². The molecule has 0 aliphatic carbocycles. The lowest BCUT2D eigenvalue weighted by atomic mass is 9.91. The number of hydrogen-bond donors (Lipinski definition) is 1. The summed E-state index contributed by atoms with van der Waals surface area (Å²) in [6.07, 6.45) is 0.277. The first-order valence-electron chi connectivity index (χ1n) is 8.33. The van der Waals surface area contributed by atoms with Crippen LogP contribution in [0, 0.1) is 11.8 Å². The Morgan fingerprint density at radius 2 is 1.04 bits per heavy atom. The summed E-state index contributed by atoms with van der Waals surface area (Å²) in [5.74, 6) is 5.78. The molecule has 0 amide bonds. The average Bonchev–Trinajstić information content (AvgIpc) is 2.30. The minimum absolute atomic E-state index is 0.277. The van der Waals surface area contributed by atoms with Crippen molar-refractivity contribution in [3.05, 3.63) is 0 Å². The van der Waals surface area contributed by atoms with Crippen LogP contribution in [0.1, 0.15) is 82.6 Å². The van der Waals surface area contributed by atoms with Crippen molar-refractivity contribution < 1.29 is 24.7 Å². The molecule has 5 nitrogen and oxygen atoms in total. The Balaban J connectivity index is 4.84. The second-order valence-electron chi connectivity index (χ2n) is 9.53. The predicted molar refractivity (Wildman–Crippen MR) is 95.0 cm³/mol. The van der Waals surface area contributed by atoms with Crippen molar-refractivity contribution in [2.45, 2.75) is 111 Å². The lowest BCUT2D eigenvalue weighted by Crippen LogP contribution is -2.39. The van der Waals surface area contributed by atoms with Crippen molar-refractivity contribution in [2.24, 2.45) is 0 Å². The molecular formula is C19H36O5. The summed E-state index contributed by atoms with van der Waals surface area (Å²) in [6.45, 7) is 20.3. The van der Waals surface area contributed by atoms with Crippen molar-refractivity contribution >= 4 is 0 Å². The van der Waals surface area contributed by atoms with Gasteiger partial charge in [-0.15, -0.1) is 0 Å². The normalized spacial score (nSPS) is 16.3. The molecule has 0 aliphatic heterocycles. The van der Waals surface area contributed by atoms with Crippen molar-refractivity contribution in [1.29, 1.82) is 0 Å². The van der Waals surface area contributed by atoms with Crippen molar-refractivity contribution in [2.75, 3.05) is 0 Å². The lowest BCUT2D eigenvalue weighted by molar-refractivity contribution is -0.401. The van der Waals surface area contributed by atoms with Crippen LogP contribution in [0.15, 0.2) is 0 Å². The van der Waals surface area contributed by atoms with Gasteiger partial charge in [-0.2, -0.15) is 0 Å². The first kappa shape index (κ1) is 23.4. The number of rotatable bonds is 6. The van der Waals surface area contributed by atoms with E-state index < -0.39 is 28.0 Å². The topological polar surface area (TPSA) is 57.2 Å². The maximum absolute atomic E-state index is 10.6. The molecule has 0 spiro atoms. The zero-order valence-electron chi connectivity index (χ0n) is 17.3. The summed E-state index contributed by atoms with van der Waals surface area (Å²) < 4.78 is 0. The quantitative estimate of drug-likeness (QED) is 0.445. The van der Waals surface area contributed by atoms with Crippen LogP contribution < -0.4 is 0 Å². The van der Waals surface area contributed by atoms with Gasteiger partial charge in [0.05, 0.1) is 11.2 Å². The monoisotopic (exact) mass is 344 g/mol. The van der Waals surface area contributed by atoms with Gasteiger partial charge in [-0.05, 0) is 76.2 Å². The van der Waals surface area contributed by atoms with Gasteiger partial charge in [-0.1, -0.05) is 11.8 Å². The highest BCUT2D eigenvalue weighted by Crippen LogP contribution is 2.26. The molecule has 0 heterocycles. The first-order chi connectivity index (χ1) is 10.3. The van der Waals surface area contributed by atoms with Crippen LogP contribution in [0.25, 0.3) is 0 Å². The molecule has 0 aromatic heterocycles. The smallest absolute Gasteiger partial charge is 0.158 e. The molecule has 5 heteroatoms. The summed E-state index contributed by atoms with van der Waals surface area (Å²) in [6, 6.07) is 0. The van der Waals surface area contributed by atoms with Gasteiger partial charge >= 0.3 is 0 Å². The Morgan fingerprint density at radius 3 is 1.46 bits per heavy atom. The molecule has 0 radical (unpaired) electrons. The van der Waals surface area contributed by atoms with Gasteiger partial charge in [0.15, 0.2) is 5.60 Å². The van der Waals surface area contributed by atoms with Gasteiger partial charge in [0.2, 0.25) is 0 Å². The molecule has 0 aliphatic rings. The van der Waals surface area contributed by atoms with Crippen LogP contribution >= 0.6 is 0 Å². The van der Waals surface area contributed by atoms with E-state index in [1.165, 1.54) is 0 Å². The molecular weight excluding hydrogens is 308 g/mol. The van der Waals surface area contributed by atoms with E-state index >= 15 is 0 Å². The Morgan fingerprint density at radius 1 is 0.625 bits per heavy atom. The maximum Gasteiger partial charge on any atom is 0.158 e. The van der Waals surface area contributed by atoms with E-state index in [1.54, 1.807) is 20.8 Å². The van der Waals surface area contributed by atoms with Crippen LogP contribution in [0.5, 0.6) is 0 Å². The molecule has 0 saturated heterocycles. The van der Waals surface area contributed by atoms with E-state index in [0.29, 0.717) is 0 Å². The summed E-state index contributed by atoms with van der Waals surface area (Å²) in [4.78, 5) is 21.5. The fourth-order valence-corrected chi connectivity index (χ4v) is 1.68. The van der Waals surface area contributed by atoms with Gasteiger partial charge < -0.3 is 5.11 Å². The van der Waals surface area contributed by atoms with Crippen molar-refractivity contribution in [3.63, 3.8) is 0 Å². The van der Waals surface area contributed by atoms with Crippen LogP contribution in [-0.4, -0.2) is 33.1 Å². The maximum atomic E-state index is 10.6. The van der Waals surface area contributed by atoms with Gasteiger partial charge in [0.1, 0.15) is 11.2 Å². The van der Waals surface area contributed by atoms with Crippen molar-refractivity contribution in [1.82, 2.24) is 0 Å². The van der Waals surface area contributed by atoms with Gasteiger partial charge in [0, 0.05) is 6.42 Å². The largest absolute Gasteiger partial charge is 0.378 e. The number of hydrogen-bond acceptors (Lipinski definition) is 5. The van der Waals surface area contributed by atoms with Gasteiger partial charge in [0.25, 0.3) is 0 Å². The summed E-state index contributed by atoms with van der Waals surface area (Å²) >= 11 is 0. The lowest BCUT2D eigenvalue weighted by Gasteiger charge is -2.32. The Kier molecular flexibility index (Phi) is 7.51. The molecule has 0 bridgehead atoms. The third kappa shape index (κ3) is 12.7. The molecule has 1 unspecified atom stereocenters. The molecule has 0 rings (SSSR count). The molecule has 1 atom stereocenters. The SMILES string of the molecule is CC(O)(C#CC(C)(C)OOC(C)(C)C)CC(C)(C)OOC(C)(C)C. The Bertz CT molecular complexity index is 453. The van der Waals surface area contributed by atoms with E-state index in [2.05, 4.69) is 11.8 Å². The second-order valence-corrected chi connectivity index (χ2v) is 9.53. The average molecular weight is 344 g/mol. The Hall–Kier alpha value is -0.640. The molecule has 1 N–H and O–H groups in total. The fraction of sp³-hybridized carbons (Fsp3) is 0.895. The first-order valence-corrected chi connectivity index (χ1v) is 8.33. The number of aliphatic hydroxyl groups is 1. The zero-order chi connectivity index (χ0) is 19.4. The van der Waals surface area contributed by atoms with E-state index in [-0.39, 0.29) is 6.42 Å². The minimum atomic E-state index is -1.26. The highest BCUT2D eigenvalue weighted by Gasteiger charge is 2.33. The van der Waals surface area contributed by atoms with Crippen LogP contribution in [0.3, 0.4) is 0 Å². The van der Waals surface area contributed by atoms with Gasteiger partial charge in [-0.3, -0.25) is 0 Å². The molecule has 0 saturated carbocycles. The third-order valence-corrected chi connectivity index (χ3v) is 2.42. The molecule has 0 aromatic carbocycles. The molecule has 142 valence electrons. The van der Waals surface area contributed by atoms with Crippen LogP contribution in [0.4, 0.5) is 0 Å². The second kappa shape index (κ2) is 7.72. The minimum Gasteiger partial charge on any atom is -0.378 e. The van der Waals surface area contributed by atoms with E-state index in [9.17, 15) is 5.11 Å². The molecule has 24 heavy (non-hydrogen) atoms. The summed E-state index contributed by atoms with van der Waals surface area (Å²) in [7, 11) is 0.